The molecule has 0 saturated carbocycles. The molecule has 2 aliphatic heterocycles. The molecule has 1 aromatic heterocycles. The van der Waals surface area contributed by atoms with Gasteiger partial charge in [-0.3, -0.25) is 9.59 Å². The molecule has 9 heteroatoms. The van der Waals surface area contributed by atoms with Crippen LogP contribution in [-0.2, 0) is 14.8 Å². The first-order chi connectivity index (χ1) is 15.9. The molecule has 178 valence electrons. The van der Waals surface area contributed by atoms with Gasteiger partial charge in [0.05, 0.1) is 11.2 Å². The number of anilines is 1. The van der Waals surface area contributed by atoms with E-state index < -0.39 is 10.0 Å². The molecular formula is C24H31N3O5S. The Morgan fingerprint density at radius 1 is 1.03 bits per heavy atom. The summed E-state index contributed by atoms with van der Waals surface area (Å²) in [5.74, 6) is -0.164. The molecule has 2 fully saturated rings. The van der Waals surface area contributed by atoms with Gasteiger partial charge in [0.15, 0.2) is 5.76 Å². The highest BCUT2D eigenvalue weighted by molar-refractivity contribution is 7.89. The second-order valence-electron chi connectivity index (χ2n) is 8.73. The van der Waals surface area contributed by atoms with Gasteiger partial charge in [0.1, 0.15) is 0 Å². The predicted molar refractivity (Wildman–Crippen MR) is 124 cm³/mol. The highest BCUT2D eigenvalue weighted by atomic mass is 32.2. The zero-order chi connectivity index (χ0) is 23.4. The van der Waals surface area contributed by atoms with Gasteiger partial charge in [-0.05, 0) is 68.5 Å². The Balaban J connectivity index is 1.33. The van der Waals surface area contributed by atoms with Crippen molar-refractivity contribution in [1.29, 1.82) is 0 Å². The van der Waals surface area contributed by atoms with Crippen molar-refractivity contribution in [3.63, 3.8) is 0 Å². The van der Waals surface area contributed by atoms with E-state index in [1.807, 2.05) is 6.92 Å². The average molecular weight is 474 g/mol. The highest BCUT2D eigenvalue weighted by Gasteiger charge is 2.33. The second-order valence-corrected chi connectivity index (χ2v) is 10.6. The number of carbonyl (C=O) groups is 2. The largest absolute Gasteiger partial charge is 0.459 e. The molecule has 0 bridgehead atoms. The van der Waals surface area contributed by atoms with Crippen molar-refractivity contribution in [2.75, 3.05) is 25.0 Å². The number of furan rings is 1. The third kappa shape index (κ3) is 5.14. The van der Waals surface area contributed by atoms with Crippen LogP contribution in [0, 0.1) is 5.92 Å². The van der Waals surface area contributed by atoms with E-state index in [1.165, 1.54) is 6.26 Å². The van der Waals surface area contributed by atoms with E-state index in [9.17, 15) is 18.0 Å². The molecule has 2 aromatic rings. The van der Waals surface area contributed by atoms with Gasteiger partial charge in [0.25, 0.3) is 5.91 Å². The van der Waals surface area contributed by atoms with E-state index in [2.05, 4.69) is 5.32 Å². The standard InChI is InChI=1S/C24H31N3O5S/c1-2-20-6-3-4-14-27(20)33(30,31)21-10-8-19(9-11-21)25-23(28)18-12-15-26(16-13-18)24(29)22-7-5-17-32-22/h5,7-11,17-18,20H,2-4,6,12-16H2,1H3,(H,25,28)/t20-/m0/s1. The number of hydrogen-bond acceptors (Lipinski definition) is 5. The molecule has 1 N–H and O–H groups in total. The number of nitrogens with zero attached hydrogens (tertiary/aromatic N) is 2. The third-order valence-electron chi connectivity index (χ3n) is 6.66. The summed E-state index contributed by atoms with van der Waals surface area (Å²) < 4.78 is 33.0. The number of likely N-dealkylation sites (tertiary alicyclic amines) is 1. The molecule has 3 heterocycles. The summed E-state index contributed by atoms with van der Waals surface area (Å²) in [4.78, 5) is 27.1. The summed E-state index contributed by atoms with van der Waals surface area (Å²) in [5, 5.41) is 2.89. The number of piperidine rings is 2. The number of hydrogen-bond donors (Lipinski definition) is 1. The number of rotatable bonds is 6. The fourth-order valence-electron chi connectivity index (χ4n) is 4.69. The van der Waals surface area contributed by atoms with Gasteiger partial charge in [-0.15, -0.1) is 0 Å². The lowest BCUT2D eigenvalue weighted by Gasteiger charge is -2.34. The van der Waals surface area contributed by atoms with Crippen LogP contribution < -0.4 is 5.32 Å². The summed E-state index contributed by atoms with van der Waals surface area (Å²) in [6.45, 7) is 3.56. The quantitative estimate of drug-likeness (QED) is 0.689. The smallest absolute Gasteiger partial charge is 0.289 e. The Labute approximate surface area is 195 Å². The summed E-state index contributed by atoms with van der Waals surface area (Å²) in [6.07, 6.45) is 6.26. The second kappa shape index (κ2) is 10.1. The van der Waals surface area contributed by atoms with Crippen molar-refractivity contribution >= 4 is 27.5 Å². The fourth-order valence-corrected chi connectivity index (χ4v) is 6.46. The molecule has 0 aliphatic carbocycles. The molecule has 0 radical (unpaired) electrons. The van der Waals surface area contributed by atoms with E-state index in [1.54, 1.807) is 45.6 Å². The molecule has 1 atom stereocenters. The fraction of sp³-hybridized carbons (Fsp3) is 0.500. The minimum Gasteiger partial charge on any atom is -0.459 e. The van der Waals surface area contributed by atoms with Crippen LogP contribution in [0.2, 0.25) is 0 Å². The summed E-state index contributed by atoms with van der Waals surface area (Å²) in [6, 6.07) is 9.79. The minimum absolute atomic E-state index is 0.0497. The van der Waals surface area contributed by atoms with Crippen LogP contribution in [0.5, 0.6) is 0 Å². The Morgan fingerprint density at radius 2 is 1.76 bits per heavy atom. The van der Waals surface area contributed by atoms with Gasteiger partial charge in [0, 0.05) is 37.3 Å². The zero-order valence-electron chi connectivity index (χ0n) is 18.9. The molecule has 0 unspecified atom stereocenters. The monoisotopic (exact) mass is 473 g/mol. The predicted octanol–water partition coefficient (Wildman–Crippen LogP) is 3.72. The Kier molecular flexibility index (Phi) is 7.19. The van der Waals surface area contributed by atoms with Crippen LogP contribution >= 0.6 is 0 Å². The maximum atomic E-state index is 13.1. The van der Waals surface area contributed by atoms with Crippen molar-refractivity contribution < 1.29 is 22.4 Å². The number of benzene rings is 1. The molecule has 2 aliphatic rings. The van der Waals surface area contributed by atoms with E-state index in [0.717, 1.165) is 25.7 Å². The average Bonchev–Trinajstić information content (AvgIpc) is 3.39. The first kappa shape index (κ1) is 23.5. The minimum atomic E-state index is -3.55. The third-order valence-corrected chi connectivity index (χ3v) is 8.62. The number of nitrogens with one attached hydrogen (secondary N) is 1. The van der Waals surface area contributed by atoms with Gasteiger partial charge in [-0.2, -0.15) is 4.31 Å². The van der Waals surface area contributed by atoms with Crippen molar-refractivity contribution in [1.82, 2.24) is 9.21 Å². The van der Waals surface area contributed by atoms with Gasteiger partial charge < -0.3 is 14.6 Å². The highest BCUT2D eigenvalue weighted by Crippen LogP contribution is 2.28. The molecule has 8 nitrogen and oxygen atoms in total. The normalized spacial score (nSPS) is 20.5. The molecule has 33 heavy (non-hydrogen) atoms. The van der Waals surface area contributed by atoms with Crippen LogP contribution in [0.3, 0.4) is 0 Å². The van der Waals surface area contributed by atoms with E-state index in [0.29, 0.717) is 43.9 Å². The number of sulfonamides is 1. The lowest BCUT2D eigenvalue weighted by Crippen LogP contribution is -2.43. The van der Waals surface area contributed by atoms with Crippen molar-refractivity contribution in [3.05, 3.63) is 48.4 Å². The summed E-state index contributed by atoms with van der Waals surface area (Å²) in [5.41, 5.74) is 0.568. The molecular weight excluding hydrogens is 442 g/mol. The Morgan fingerprint density at radius 3 is 2.39 bits per heavy atom. The molecule has 4 rings (SSSR count). The van der Waals surface area contributed by atoms with Gasteiger partial charge in [0.2, 0.25) is 15.9 Å². The summed E-state index contributed by atoms with van der Waals surface area (Å²) >= 11 is 0. The van der Waals surface area contributed by atoms with Crippen LogP contribution in [0.15, 0.2) is 52.0 Å². The van der Waals surface area contributed by atoms with Crippen LogP contribution in [0.4, 0.5) is 5.69 Å². The first-order valence-electron chi connectivity index (χ1n) is 11.7. The van der Waals surface area contributed by atoms with Crippen LogP contribution in [0.25, 0.3) is 0 Å². The number of amides is 2. The molecule has 2 amide bonds. The number of carbonyl (C=O) groups excluding carboxylic acids is 2. The maximum Gasteiger partial charge on any atom is 0.289 e. The first-order valence-corrected chi connectivity index (χ1v) is 13.1. The summed E-state index contributed by atoms with van der Waals surface area (Å²) in [7, 11) is -3.55. The lowest BCUT2D eigenvalue weighted by molar-refractivity contribution is -0.121. The zero-order valence-corrected chi connectivity index (χ0v) is 19.7. The van der Waals surface area contributed by atoms with Crippen LogP contribution in [-0.4, -0.2) is 55.1 Å². The lowest BCUT2D eigenvalue weighted by atomic mass is 9.95. The molecule has 0 spiro atoms. The molecule has 1 aromatic carbocycles. The van der Waals surface area contributed by atoms with Gasteiger partial charge >= 0.3 is 0 Å². The van der Waals surface area contributed by atoms with Crippen molar-refractivity contribution in [2.24, 2.45) is 5.92 Å². The Bertz CT molecular complexity index is 1060. The van der Waals surface area contributed by atoms with E-state index in [4.69, 9.17) is 4.42 Å². The van der Waals surface area contributed by atoms with Gasteiger partial charge in [-0.1, -0.05) is 13.3 Å². The SMILES string of the molecule is CC[C@H]1CCCCN1S(=O)(=O)c1ccc(NC(=O)C2CCN(C(=O)c3ccco3)CC2)cc1. The molecule has 2 saturated heterocycles. The Hall–Kier alpha value is -2.65. The van der Waals surface area contributed by atoms with Crippen molar-refractivity contribution in [2.45, 2.75) is 56.4 Å². The van der Waals surface area contributed by atoms with Crippen molar-refractivity contribution in [3.8, 4) is 0 Å². The van der Waals surface area contributed by atoms with Gasteiger partial charge in [-0.25, -0.2) is 8.42 Å². The topological polar surface area (TPSA) is 99.9 Å². The van der Waals surface area contributed by atoms with Crippen LogP contribution in [0.1, 0.15) is 56.0 Å². The van der Waals surface area contributed by atoms with E-state index >= 15 is 0 Å². The maximum absolute atomic E-state index is 13.1. The van der Waals surface area contributed by atoms with E-state index in [-0.39, 0.29) is 28.7 Å².